The number of hydrogen-bond acceptors (Lipinski definition) is 3. The summed E-state index contributed by atoms with van der Waals surface area (Å²) in [6, 6.07) is 0. The molecule has 0 spiro atoms. The molecule has 0 fully saturated rings. The third-order valence-corrected chi connectivity index (χ3v) is 5.87. The Morgan fingerprint density at radius 3 is 1.59 bits per heavy atom. The van der Waals surface area contributed by atoms with Crippen molar-refractivity contribution in [2.24, 2.45) is 0 Å². The van der Waals surface area contributed by atoms with Gasteiger partial charge >= 0.3 is 0 Å². The molecule has 0 aromatic carbocycles. The van der Waals surface area contributed by atoms with Crippen molar-refractivity contribution in [1.82, 2.24) is 5.32 Å². The van der Waals surface area contributed by atoms with Crippen LogP contribution in [0, 0.1) is 0 Å². The number of hydrogen-bond donors (Lipinski definition) is 2. The zero-order chi connectivity index (χ0) is 21.6. The van der Waals surface area contributed by atoms with Crippen molar-refractivity contribution in [1.29, 1.82) is 0 Å². The number of nitrogens with one attached hydrogen (secondary N) is 1. The van der Waals surface area contributed by atoms with Gasteiger partial charge in [-0.25, -0.2) is 0 Å². The second kappa shape index (κ2) is 20.4. The van der Waals surface area contributed by atoms with Crippen LogP contribution < -0.4 is 5.32 Å². The van der Waals surface area contributed by atoms with Gasteiger partial charge in [-0.2, -0.15) is 8.42 Å². The number of unbranched alkanes of at least 4 members (excludes halogenated alkanes) is 16. The Hall–Kier alpha value is -0.880. The molecule has 6 heteroatoms. The third kappa shape index (κ3) is 25.1. The van der Waals surface area contributed by atoms with E-state index in [0.717, 1.165) is 12.8 Å². The highest BCUT2D eigenvalue weighted by atomic mass is 32.2. The minimum absolute atomic E-state index is 0.0684. The maximum absolute atomic E-state index is 11.4. The first-order valence-electron chi connectivity index (χ1n) is 11.8. The summed E-state index contributed by atoms with van der Waals surface area (Å²) in [5, 5.41) is 2.43. The minimum Gasteiger partial charge on any atom is -0.351 e. The van der Waals surface area contributed by atoms with E-state index in [9.17, 15) is 13.2 Å². The summed E-state index contributed by atoms with van der Waals surface area (Å²) < 4.78 is 29.6. The molecule has 2 N–H and O–H groups in total. The molecule has 0 saturated heterocycles. The fourth-order valence-corrected chi connectivity index (χ4v) is 3.72. The van der Waals surface area contributed by atoms with Crippen molar-refractivity contribution in [3.05, 3.63) is 12.2 Å². The molecular formula is C23H45NO4S. The second-order valence-corrected chi connectivity index (χ2v) is 9.64. The standard InChI is InChI=1S/C23H45NO4S/c1-2-3-4-5-6-7-8-9-10-11-12-13-14-15-16-17-18-19-20-23(25)24-21-22-29(26,27)28/h19-20H,2-18,21-22H2,1H3,(H,24,25)(H,26,27,28)/b20-19+. The van der Waals surface area contributed by atoms with E-state index in [4.69, 9.17) is 4.55 Å². The topological polar surface area (TPSA) is 83.5 Å². The average Bonchev–Trinajstić information content (AvgIpc) is 2.66. The minimum atomic E-state index is -4.01. The monoisotopic (exact) mass is 431 g/mol. The van der Waals surface area contributed by atoms with E-state index < -0.39 is 15.9 Å². The van der Waals surface area contributed by atoms with Crippen molar-refractivity contribution in [2.45, 2.75) is 116 Å². The lowest BCUT2D eigenvalue weighted by Gasteiger charge is -2.03. The molecule has 0 aliphatic heterocycles. The molecule has 0 aliphatic rings. The van der Waals surface area contributed by atoms with Gasteiger partial charge in [0, 0.05) is 6.54 Å². The van der Waals surface area contributed by atoms with Crippen LogP contribution in [0.1, 0.15) is 116 Å². The Morgan fingerprint density at radius 1 is 0.759 bits per heavy atom. The Kier molecular flexibility index (Phi) is 19.8. The third-order valence-electron chi connectivity index (χ3n) is 5.15. The van der Waals surface area contributed by atoms with Gasteiger partial charge in [-0.3, -0.25) is 9.35 Å². The summed E-state index contributed by atoms with van der Waals surface area (Å²) in [6.07, 6.45) is 25.7. The van der Waals surface area contributed by atoms with Gasteiger partial charge in [0.2, 0.25) is 5.91 Å². The molecule has 29 heavy (non-hydrogen) atoms. The molecule has 0 saturated carbocycles. The molecule has 0 bridgehead atoms. The lowest BCUT2D eigenvalue weighted by molar-refractivity contribution is -0.116. The number of amides is 1. The highest BCUT2D eigenvalue weighted by molar-refractivity contribution is 7.85. The predicted molar refractivity (Wildman–Crippen MR) is 123 cm³/mol. The molecular weight excluding hydrogens is 386 g/mol. The molecule has 0 aromatic heterocycles. The van der Waals surface area contributed by atoms with Crippen molar-refractivity contribution in [3.63, 3.8) is 0 Å². The fourth-order valence-electron chi connectivity index (χ4n) is 3.36. The molecule has 0 aliphatic carbocycles. The van der Waals surface area contributed by atoms with Crippen LogP contribution in [-0.2, 0) is 14.9 Å². The normalized spacial score (nSPS) is 11.9. The maximum atomic E-state index is 11.4. The Balaban J connectivity index is 3.24. The lowest BCUT2D eigenvalue weighted by Crippen LogP contribution is -2.27. The summed E-state index contributed by atoms with van der Waals surface area (Å²) in [7, 11) is -4.01. The first-order valence-corrected chi connectivity index (χ1v) is 13.5. The Bertz CT molecular complexity index is 503. The Morgan fingerprint density at radius 2 is 1.17 bits per heavy atom. The molecule has 0 heterocycles. The van der Waals surface area contributed by atoms with Crippen molar-refractivity contribution in [2.75, 3.05) is 12.3 Å². The average molecular weight is 432 g/mol. The van der Waals surface area contributed by atoms with E-state index in [1.807, 2.05) is 6.08 Å². The molecule has 0 atom stereocenters. The van der Waals surface area contributed by atoms with Gasteiger partial charge in [0.25, 0.3) is 10.1 Å². The molecule has 0 radical (unpaired) electrons. The Labute approximate surface area is 179 Å². The fraction of sp³-hybridized carbons (Fsp3) is 0.870. The number of rotatable bonds is 21. The van der Waals surface area contributed by atoms with Gasteiger partial charge in [-0.05, 0) is 18.9 Å². The van der Waals surface area contributed by atoms with Crippen LogP contribution in [0.4, 0.5) is 0 Å². The van der Waals surface area contributed by atoms with E-state index in [-0.39, 0.29) is 12.5 Å². The zero-order valence-corrected chi connectivity index (χ0v) is 19.5. The maximum Gasteiger partial charge on any atom is 0.266 e. The van der Waals surface area contributed by atoms with E-state index >= 15 is 0 Å². The molecule has 0 unspecified atom stereocenters. The van der Waals surface area contributed by atoms with Crippen molar-refractivity contribution in [3.8, 4) is 0 Å². The predicted octanol–water partition coefficient (Wildman–Crippen LogP) is 6.20. The summed E-state index contributed by atoms with van der Waals surface area (Å²) in [4.78, 5) is 11.4. The van der Waals surface area contributed by atoms with Gasteiger partial charge in [0.15, 0.2) is 0 Å². The molecule has 0 rings (SSSR count). The summed E-state index contributed by atoms with van der Waals surface area (Å²) in [6.45, 7) is 2.20. The van der Waals surface area contributed by atoms with Crippen LogP contribution in [0.25, 0.3) is 0 Å². The number of allylic oxidation sites excluding steroid dienone is 1. The van der Waals surface area contributed by atoms with Crippen LogP contribution in [0.5, 0.6) is 0 Å². The molecule has 172 valence electrons. The van der Waals surface area contributed by atoms with Crippen LogP contribution in [0.15, 0.2) is 12.2 Å². The number of carbonyl (C=O) groups excluding carboxylic acids is 1. The highest BCUT2D eigenvalue weighted by Crippen LogP contribution is 2.14. The van der Waals surface area contributed by atoms with Gasteiger partial charge in [-0.1, -0.05) is 109 Å². The van der Waals surface area contributed by atoms with Gasteiger partial charge in [0.05, 0.1) is 5.75 Å². The molecule has 0 aromatic rings. The summed E-state index contributed by atoms with van der Waals surface area (Å²) in [5.41, 5.74) is 0. The van der Waals surface area contributed by atoms with E-state index in [1.165, 1.54) is 102 Å². The quantitative estimate of drug-likeness (QED) is 0.129. The first-order chi connectivity index (χ1) is 14.0. The SMILES string of the molecule is CCCCCCCCCCCCCCCCCC/C=C/C(=O)NCCS(=O)(=O)O. The second-order valence-electron chi connectivity index (χ2n) is 8.07. The smallest absolute Gasteiger partial charge is 0.266 e. The first kappa shape index (κ1) is 28.1. The van der Waals surface area contributed by atoms with Crippen LogP contribution in [-0.4, -0.2) is 31.2 Å². The van der Waals surface area contributed by atoms with Crippen molar-refractivity contribution >= 4 is 16.0 Å². The summed E-state index contributed by atoms with van der Waals surface area (Å²) in [5.74, 6) is -0.767. The lowest BCUT2D eigenvalue weighted by atomic mass is 10.0. The largest absolute Gasteiger partial charge is 0.351 e. The molecule has 5 nitrogen and oxygen atoms in total. The van der Waals surface area contributed by atoms with Gasteiger partial charge < -0.3 is 5.32 Å². The van der Waals surface area contributed by atoms with E-state index in [2.05, 4.69) is 12.2 Å². The summed E-state index contributed by atoms with van der Waals surface area (Å²) >= 11 is 0. The van der Waals surface area contributed by atoms with Crippen LogP contribution >= 0.6 is 0 Å². The molecule has 1 amide bonds. The highest BCUT2D eigenvalue weighted by Gasteiger charge is 2.04. The van der Waals surface area contributed by atoms with Crippen LogP contribution in [0.3, 0.4) is 0 Å². The van der Waals surface area contributed by atoms with Gasteiger partial charge in [-0.15, -0.1) is 0 Å². The number of carbonyl (C=O) groups is 1. The van der Waals surface area contributed by atoms with E-state index in [0.29, 0.717) is 0 Å². The van der Waals surface area contributed by atoms with Gasteiger partial charge in [0.1, 0.15) is 0 Å². The van der Waals surface area contributed by atoms with E-state index in [1.54, 1.807) is 0 Å². The van der Waals surface area contributed by atoms with Crippen LogP contribution in [0.2, 0.25) is 0 Å². The zero-order valence-electron chi connectivity index (χ0n) is 18.7. The van der Waals surface area contributed by atoms with Crippen molar-refractivity contribution < 1.29 is 17.8 Å².